The fourth-order valence-corrected chi connectivity index (χ4v) is 2.75. The Morgan fingerprint density at radius 2 is 2.08 bits per heavy atom. The molecule has 1 rings (SSSR count). The molecule has 0 spiro atoms. The first-order chi connectivity index (χ1) is 5.49. The number of carboxylic acid groups (broad SMARTS) is 1. The summed E-state index contributed by atoms with van der Waals surface area (Å²) in [7, 11) is -3.40. The summed E-state index contributed by atoms with van der Waals surface area (Å²) in [5, 5.41) is 7.52. The average molecular weight is 192 g/mol. The average Bonchev–Trinajstić information content (AvgIpc) is 2.70. The van der Waals surface area contributed by atoms with Gasteiger partial charge in [0.15, 0.2) is 15.1 Å². The topological polar surface area (TPSA) is 71.4 Å². The molecule has 1 aliphatic rings. The minimum Gasteiger partial charge on any atom is -0.480 e. The van der Waals surface area contributed by atoms with E-state index in [0.29, 0.717) is 0 Å². The highest BCUT2D eigenvalue weighted by Crippen LogP contribution is 2.36. The van der Waals surface area contributed by atoms with Crippen molar-refractivity contribution in [3.05, 3.63) is 0 Å². The molecule has 0 bridgehead atoms. The third kappa shape index (κ3) is 1.77. The van der Waals surface area contributed by atoms with E-state index in [4.69, 9.17) is 5.11 Å². The van der Waals surface area contributed by atoms with Crippen LogP contribution >= 0.6 is 0 Å². The molecular formula is C7H12O4S. The van der Waals surface area contributed by atoms with Crippen LogP contribution in [-0.4, -0.2) is 30.5 Å². The predicted octanol–water partition coefficient (Wildman–Crippen LogP) is 0.284. The summed E-state index contributed by atoms with van der Waals surface area (Å²) in [5.41, 5.74) is 0. The number of carbonyl (C=O) groups is 1. The second-order valence-electron chi connectivity index (χ2n) is 3.05. The zero-order valence-corrected chi connectivity index (χ0v) is 7.67. The Morgan fingerprint density at radius 3 is 2.33 bits per heavy atom. The lowest BCUT2D eigenvalue weighted by Crippen LogP contribution is -2.33. The molecule has 0 aromatic heterocycles. The molecule has 0 amide bonds. The molecule has 1 N–H and O–H groups in total. The Balaban J connectivity index is 2.85. The van der Waals surface area contributed by atoms with E-state index in [1.165, 1.54) is 6.92 Å². The monoisotopic (exact) mass is 192 g/mol. The zero-order valence-electron chi connectivity index (χ0n) is 6.86. The Labute approximate surface area is 71.5 Å². The van der Waals surface area contributed by atoms with Gasteiger partial charge in [0, 0.05) is 5.75 Å². The van der Waals surface area contributed by atoms with E-state index in [2.05, 4.69) is 0 Å². The number of hydrogen-bond acceptors (Lipinski definition) is 3. The lowest BCUT2D eigenvalue weighted by molar-refractivity contribution is -0.136. The molecule has 0 saturated heterocycles. The summed E-state index contributed by atoms with van der Waals surface area (Å²) in [6.07, 6.45) is 1.46. The van der Waals surface area contributed by atoms with E-state index in [1.54, 1.807) is 0 Å². The van der Waals surface area contributed by atoms with Gasteiger partial charge in [-0.25, -0.2) is 8.42 Å². The molecule has 0 aromatic rings. The van der Waals surface area contributed by atoms with Gasteiger partial charge in [0.1, 0.15) is 0 Å². The molecule has 1 unspecified atom stereocenters. The van der Waals surface area contributed by atoms with Crippen LogP contribution in [0, 0.1) is 5.92 Å². The van der Waals surface area contributed by atoms with Crippen molar-refractivity contribution in [1.82, 2.24) is 0 Å². The third-order valence-corrected chi connectivity index (χ3v) is 4.25. The Bertz CT molecular complexity index is 276. The highest BCUT2D eigenvalue weighted by molar-refractivity contribution is 7.92. The van der Waals surface area contributed by atoms with E-state index < -0.39 is 21.1 Å². The van der Waals surface area contributed by atoms with Crippen molar-refractivity contribution in [3.63, 3.8) is 0 Å². The number of sulfone groups is 1. The van der Waals surface area contributed by atoms with Gasteiger partial charge >= 0.3 is 5.97 Å². The SMILES string of the molecule is CCS(=O)(=O)C(C(=O)O)C1CC1. The molecule has 5 heteroatoms. The van der Waals surface area contributed by atoms with Gasteiger partial charge in [0.05, 0.1) is 0 Å². The van der Waals surface area contributed by atoms with Crippen molar-refractivity contribution >= 4 is 15.8 Å². The predicted molar refractivity (Wildman–Crippen MR) is 43.6 cm³/mol. The fourth-order valence-electron chi connectivity index (χ4n) is 1.23. The minimum atomic E-state index is -3.40. The zero-order chi connectivity index (χ0) is 9.35. The van der Waals surface area contributed by atoms with Crippen molar-refractivity contribution in [2.24, 2.45) is 5.92 Å². The van der Waals surface area contributed by atoms with Crippen molar-refractivity contribution in [3.8, 4) is 0 Å². The molecule has 0 heterocycles. The highest BCUT2D eigenvalue weighted by atomic mass is 32.2. The molecule has 4 nitrogen and oxygen atoms in total. The Morgan fingerprint density at radius 1 is 1.58 bits per heavy atom. The van der Waals surface area contributed by atoms with Crippen molar-refractivity contribution in [1.29, 1.82) is 0 Å². The number of carboxylic acids is 1. The van der Waals surface area contributed by atoms with E-state index >= 15 is 0 Å². The van der Waals surface area contributed by atoms with Crippen molar-refractivity contribution in [2.45, 2.75) is 25.0 Å². The van der Waals surface area contributed by atoms with Crippen molar-refractivity contribution < 1.29 is 18.3 Å². The summed E-state index contributed by atoms with van der Waals surface area (Å²) in [6.45, 7) is 1.48. The van der Waals surface area contributed by atoms with Gasteiger partial charge < -0.3 is 5.11 Å². The van der Waals surface area contributed by atoms with E-state index in [1.807, 2.05) is 0 Å². The summed E-state index contributed by atoms with van der Waals surface area (Å²) < 4.78 is 22.5. The first-order valence-corrected chi connectivity index (χ1v) is 5.65. The molecule has 1 atom stereocenters. The van der Waals surface area contributed by atoms with Crippen LogP contribution in [0.25, 0.3) is 0 Å². The smallest absolute Gasteiger partial charge is 0.322 e. The molecule has 0 aliphatic heterocycles. The lowest BCUT2D eigenvalue weighted by atomic mass is 10.3. The first-order valence-electron chi connectivity index (χ1n) is 3.93. The second-order valence-corrected chi connectivity index (χ2v) is 5.46. The summed E-state index contributed by atoms with van der Waals surface area (Å²) in [6, 6.07) is 0. The lowest BCUT2D eigenvalue weighted by Gasteiger charge is -2.09. The van der Waals surface area contributed by atoms with Gasteiger partial charge in [-0.15, -0.1) is 0 Å². The fraction of sp³-hybridized carbons (Fsp3) is 0.857. The van der Waals surface area contributed by atoms with Gasteiger partial charge in [-0.1, -0.05) is 6.92 Å². The molecular weight excluding hydrogens is 180 g/mol. The van der Waals surface area contributed by atoms with Crippen LogP contribution in [0.1, 0.15) is 19.8 Å². The van der Waals surface area contributed by atoms with Crippen LogP contribution in [-0.2, 0) is 14.6 Å². The summed E-state index contributed by atoms with van der Waals surface area (Å²) in [4.78, 5) is 10.6. The van der Waals surface area contributed by atoms with Crippen LogP contribution in [0.4, 0.5) is 0 Å². The van der Waals surface area contributed by atoms with Gasteiger partial charge in [-0.05, 0) is 18.8 Å². The maximum Gasteiger partial charge on any atom is 0.322 e. The number of aliphatic carboxylic acids is 1. The largest absolute Gasteiger partial charge is 0.480 e. The van der Waals surface area contributed by atoms with Gasteiger partial charge in [-0.3, -0.25) is 4.79 Å². The normalized spacial score (nSPS) is 20.4. The third-order valence-electron chi connectivity index (χ3n) is 2.08. The first kappa shape index (κ1) is 9.51. The molecule has 1 saturated carbocycles. The van der Waals surface area contributed by atoms with Gasteiger partial charge in [0.25, 0.3) is 0 Å². The Hall–Kier alpha value is -0.580. The maximum atomic E-state index is 11.2. The van der Waals surface area contributed by atoms with Crippen LogP contribution in [0.2, 0.25) is 0 Å². The molecule has 0 radical (unpaired) electrons. The molecule has 12 heavy (non-hydrogen) atoms. The molecule has 70 valence electrons. The summed E-state index contributed by atoms with van der Waals surface area (Å²) >= 11 is 0. The van der Waals surface area contributed by atoms with E-state index in [9.17, 15) is 13.2 Å². The standard InChI is InChI=1S/C7H12O4S/c1-2-12(10,11)6(7(8)9)5-3-4-5/h5-6H,2-4H2,1H3,(H,8,9). The quantitative estimate of drug-likeness (QED) is 0.694. The Kier molecular flexibility index (Phi) is 2.41. The number of hydrogen-bond donors (Lipinski definition) is 1. The molecule has 0 aromatic carbocycles. The maximum absolute atomic E-state index is 11.2. The molecule has 1 fully saturated rings. The second kappa shape index (κ2) is 3.05. The number of rotatable bonds is 4. The highest BCUT2D eigenvalue weighted by Gasteiger charge is 2.44. The van der Waals surface area contributed by atoms with Gasteiger partial charge in [-0.2, -0.15) is 0 Å². The van der Waals surface area contributed by atoms with Crippen LogP contribution in [0.5, 0.6) is 0 Å². The van der Waals surface area contributed by atoms with E-state index in [0.717, 1.165) is 12.8 Å². The summed E-state index contributed by atoms with van der Waals surface area (Å²) in [5.74, 6) is -1.41. The van der Waals surface area contributed by atoms with Crippen molar-refractivity contribution in [2.75, 3.05) is 5.75 Å². The van der Waals surface area contributed by atoms with Crippen LogP contribution < -0.4 is 0 Å². The molecule has 1 aliphatic carbocycles. The minimum absolute atomic E-state index is 0.0829. The van der Waals surface area contributed by atoms with Gasteiger partial charge in [0.2, 0.25) is 0 Å². The van der Waals surface area contributed by atoms with Crippen LogP contribution in [0.3, 0.4) is 0 Å². The van der Waals surface area contributed by atoms with E-state index in [-0.39, 0.29) is 11.7 Å². The van der Waals surface area contributed by atoms with Crippen LogP contribution in [0.15, 0.2) is 0 Å².